The van der Waals surface area contributed by atoms with Gasteiger partial charge in [0, 0.05) is 20.0 Å². The highest BCUT2D eigenvalue weighted by atomic mass is 16.5. The predicted molar refractivity (Wildman–Crippen MR) is 70.5 cm³/mol. The second kappa shape index (κ2) is 6.86. The number of nitrogens with zero attached hydrogens (tertiary/aromatic N) is 1. The van der Waals surface area contributed by atoms with Crippen LogP contribution in [0.15, 0.2) is 0 Å². The summed E-state index contributed by atoms with van der Waals surface area (Å²) in [6.07, 6.45) is 1.91. The second-order valence-corrected chi connectivity index (χ2v) is 5.42. The Kier molecular flexibility index (Phi) is 5.75. The molecule has 1 aliphatic heterocycles. The number of amides is 1. The third-order valence-corrected chi connectivity index (χ3v) is 3.50. The Labute approximate surface area is 114 Å². The Morgan fingerprint density at radius 3 is 2.47 bits per heavy atom. The number of likely N-dealkylation sites (tertiary alicyclic amines) is 1. The van der Waals surface area contributed by atoms with E-state index in [0.717, 1.165) is 25.9 Å². The van der Waals surface area contributed by atoms with E-state index in [1.165, 1.54) is 21.0 Å². The van der Waals surface area contributed by atoms with E-state index < -0.39 is 11.6 Å². The van der Waals surface area contributed by atoms with Gasteiger partial charge in [0.05, 0.1) is 7.11 Å². The number of esters is 1. The van der Waals surface area contributed by atoms with Crippen LogP contribution in [0.5, 0.6) is 0 Å². The Morgan fingerprint density at radius 1 is 1.42 bits per heavy atom. The van der Waals surface area contributed by atoms with Crippen LogP contribution in [-0.4, -0.2) is 60.8 Å². The van der Waals surface area contributed by atoms with Gasteiger partial charge in [0.2, 0.25) is 5.91 Å². The minimum atomic E-state index is -1.46. The molecule has 1 fully saturated rings. The van der Waals surface area contributed by atoms with E-state index in [-0.39, 0.29) is 12.5 Å². The van der Waals surface area contributed by atoms with Gasteiger partial charge in [0.25, 0.3) is 0 Å². The Hall–Kier alpha value is -1.14. The molecule has 1 atom stereocenters. The molecule has 1 rings (SSSR count). The first-order chi connectivity index (χ1) is 8.85. The van der Waals surface area contributed by atoms with E-state index in [0.29, 0.717) is 12.5 Å². The summed E-state index contributed by atoms with van der Waals surface area (Å²) in [4.78, 5) is 24.3. The van der Waals surface area contributed by atoms with E-state index in [1.54, 1.807) is 0 Å². The normalized spacial score (nSPS) is 20.6. The van der Waals surface area contributed by atoms with Crippen LogP contribution in [-0.2, 0) is 14.3 Å². The molecule has 110 valence electrons. The van der Waals surface area contributed by atoms with Crippen LogP contribution in [0.1, 0.15) is 26.7 Å². The van der Waals surface area contributed by atoms with Crippen LogP contribution in [0.25, 0.3) is 0 Å². The summed E-state index contributed by atoms with van der Waals surface area (Å²) in [6, 6.07) is 0. The zero-order valence-electron chi connectivity index (χ0n) is 11.9. The maximum absolute atomic E-state index is 11.4. The minimum Gasteiger partial charge on any atom is -0.467 e. The van der Waals surface area contributed by atoms with Crippen molar-refractivity contribution in [2.75, 3.05) is 33.3 Å². The van der Waals surface area contributed by atoms with E-state index in [9.17, 15) is 14.7 Å². The lowest BCUT2D eigenvalue weighted by molar-refractivity contribution is -0.162. The van der Waals surface area contributed by atoms with Crippen molar-refractivity contribution >= 4 is 11.9 Å². The van der Waals surface area contributed by atoms with Gasteiger partial charge in [0.1, 0.15) is 0 Å². The Bertz CT molecular complexity index is 323. The number of piperidine rings is 1. The fourth-order valence-corrected chi connectivity index (χ4v) is 2.36. The average molecular weight is 272 g/mol. The first-order valence-corrected chi connectivity index (χ1v) is 6.62. The van der Waals surface area contributed by atoms with Crippen molar-refractivity contribution in [2.45, 2.75) is 32.3 Å². The number of hydrogen-bond donors (Lipinski definition) is 2. The van der Waals surface area contributed by atoms with Gasteiger partial charge in [-0.15, -0.1) is 0 Å². The van der Waals surface area contributed by atoms with Gasteiger partial charge in [-0.2, -0.15) is 0 Å². The summed E-state index contributed by atoms with van der Waals surface area (Å²) in [5.41, 5.74) is -1.46. The molecule has 6 nitrogen and oxygen atoms in total. The summed E-state index contributed by atoms with van der Waals surface area (Å²) in [7, 11) is 1.27. The molecule has 0 aromatic heterocycles. The molecule has 1 saturated heterocycles. The number of carbonyl (C=O) groups is 2. The van der Waals surface area contributed by atoms with E-state index in [4.69, 9.17) is 0 Å². The Morgan fingerprint density at radius 2 is 2.00 bits per heavy atom. The van der Waals surface area contributed by atoms with Gasteiger partial charge in [-0.05, 0) is 38.8 Å². The highest BCUT2D eigenvalue weighted by molar-refractivity contribution is 5.78. The highest BCUT2D eigenvalue weighted by Gasteiger charge is 2.34. The largest absolute Gasteiger partial charge is 0.467 e. The second-order valence-electron chi connectivity index (χ2n) is 5.42. The standard InChI is InChI=1S/C13H24N2O4/c1-10(16)14-8-11-4-6-15(7-5-11)9-13(2,18)12(17)19-3/h11,18H,4-9H2,1-3H3,(H,14,16). The summed E-state index contributed by atoms with van der Waals surface area (Å²) in [6.45, 7) is 5.61. The molecule has 0 aromatic rings. The zero-order valence-corrected chi connectivity index (χ0v) is 11.9. The number of aliphatic hydroxyl groups is 1. The zero-order chi connectivity index (χ0) is 14.5. The van der Waals surface area contributed by atoms with Crippen molar-refractivity contribution in [3.63, 3.8) is 0 Å². The molecule has 2 N–H and O–H groups in total. The summed E-state index contributed by atoms with van der Waals surface area (Å²) < 4.78 is 4.58. The van der Waals surface area contributed by atoms with Gasteiger partial charge >= 0.3 is 5.97 Å². The molecule has 6 heteroatoms. The number of nitrogens with one attached hydrogen (secondary N) is 1. The molecule has 0 saturated carbocycles. The lowest BCUT2D eigenvalue weighted by Gasteiger charge is -2.35. The molecule has 1 amide bonds. The van der Waals surface area contributed by atoms with Gasteiger partial charge in [-0.3, -0.25) is 9.69 Å². The van der Waals surface area contributed by atoms with Crippen molar-refractivity contribution in [3.05, 3.63) is 0 Å². The van der Waals surface area contributed by atoms with Gasteiger partial charge in [-0.1, -0.05) is 0 Å². The number of rotatable bonds is 5. The first-order valence-electron chi connectivity index (χ1n) is 6.62. The minimum absolute atomic E-state index is 0.00365. The van der Waals surface area contributed by atoms with Crippen molar-refractivity contribution in [1.82, 2.24) is 10.2 Å². The third-order valence-electron chi connectivity index (χ3n) is 3.50. The smallest absolute Gasteiger partial charge is 0.338 e. The number of ether oxygens (including phenoxy) is 1. The quantitative estimate of drug-likeness (QED) is 0.675. The molecule has 1 unspecified atom stereocenters. The molecular formula is C13H24N2O4. The molecule has 19 heavy (non-hydrogen) atoms. The van der Waals surface area contributed by atoms with Gasteiger partial charge < -0.3 is 15.2 Å². The maximum Gasteiger partial charge on any atom is 0.338 e. The molecule has 1 heterocycles. The monoisotopic (exact) mass is 272 g/mol. The van der Waals surface area contributed by atoms with Crippen LogP contribution in [0.3, 0.4) is 0 Å². The SMILES string of the molecule is COC(=O)C(C)(O)CN1CCC(CNC(C)=O)CC1. The van der Waals surface area contributed by atoms with Crippen LogP contribution < -0.4 is 5.32 Å². The van der Waals surface area contributed by atoms with Crippen molar-refractivity contribution in [1.29, 1.82) is 0 Å². The van der Waals surface area contributed by atoms with Crippen molar-refractivity contribution < 1.29 is 19.4 Å². The number of carbonyl (C=O) groups excluding carboxylic acids is 2. The number of hydrogen-bond acceptors (Lipinski definition) is 5. The highest BCUT2D eigenvalue weighted by Crippen LogP contribution is 2.19. The van der Waals surface area contributed by atoms with E-state index in [2.05, 4.69) is 15.0 Å². The lowest BCUT2D eigenvalue weighted by atomic mass is 9.95. The summed E-state index contributed by atoms with van der Waals surface area (Å²) >= 11 is 0. The Balaban J connectivity index is 2.34. The van der Waals surface area contributed by atoms with E-state index >= 15 is 0 Å². The van der Waals surface area contributed by atoms with Gasteiger partial charge in [0.15, 0.2) is 5.60 Å². The molecule has 0 spiro atoms. The summed E-state index contributed by atoms with van der Waals surface area (Å²) in [5.74, 6) is -0.132. The van der Waals surface area contributed by atoms with Gasteiger partial charge in [-0.25, -0.2) is 4.79 Å². The first kappa shape index (κ1) is 15.9. The molecular weight excluding hydrogens is 248 g/mol. The maximum atomic E-state index is 11.4. The molecule has 0 aliphatic carbocycles. The topological polar surface area (TPSA) is 78.9 Å². The molecule has 0 radical (unpaired) electrons. The molecule has 0 bridgehead atoms. The predicted octanol–water partition coefficient (Wildman–Crippen LogP) is -0.241. The third kappa shape index (κ3) is 5.16. The molecule has 0 aromatic carbocycles. The van der Waals surface area contributed by atoms with Crippen LogP contribution in [0.2, 0.25) is 0 Å². The van der Waals surface area contributed by atoms with Crippen LogP contribution >= 0.6 is 0 Å². The fraction of sp³-hybridized carbons (Fsp3) is 0.846. The van der Waals surface area contributed by atoms with Crippen molar-refractivity contribution in [3.8, 4) is 0 Å². The fourth-order valence-electron chi connectivity index (χ4n) is 2.36. The number of β-amino-alcohol motifs (C(OH)–C–C–N with tert-alkyl or cyclic N) is 1. The van der Waals surface area contributed by atoms with Crippen LogP contribution in [0.4, 0.5) is 0 Å². The summed E-state index contributed by atoms with van der Waals surface area (Å²) in [5, 5.41) is 12.8. The molecule has 1 aliphatic rings. The van der Waals surface area contributed by atoms with Crippen LogP contribution in [0, 0.1) is 5.92 Å². The average Bonchev–Trinajstić information content (AvgIpc) is 2.36. The van der Waals surface area contributed by atoms with E-state index in [1.807, 2.05) is 0 Å². The van der Waals surface area contributed by atoms with Crippen molar-refractivity contribution in [2.24, 2.45) is 5.92 Å². The lowest BCUT2D eigenvalue weighted by Crippen LogP contribution is -2.50. The number of methoxy groups -OCH3 is 1.